The van der Waals surface area contributed by atoms with Crippen molar-refractivity contribution in [3.63, 3.8) is 0 Å². The molecule has 1 aliphatic heterocycles. The van der Waals surface area contributed by atoms with E-state index >= 15 is 0 Å². The number of carbonyl (C=O) groups is 2. The van der Waals surface area contributed by atoms with Crippen LogP contribution in [0.5, 0.6) is 0 Å². The van der Waals surface area contributed by atoms with E-state index in [1.807, 2.05) is 24.3 Å². The number of aromatic amines is 1. The lowest BCUT2D eigenvalue weighted by Gasteiger charge is -2.26. The van der Waals surface area contributed by atoms with Crippen LogP contribution in [0.4, 0.5) is 0 Å². The number of carbonyl (C=O) groups excluding carboxylic acids is 2. The first-order chi connectivity index (χ1) is 16.5. The lowest BCUT2D eigenvalue weighted by atomic mass is 10.0. The van der Waals surface area contributed by atoms with Gasteiger partial charge in [-0.2, -0.15) is 0 Å². The van der Waals surface area contributed by atoms with Gasteiger partial charge in [0.15, 0.2) is 0 Å². The number of thioether (sulfide) groups is 1. The second-order valence-electron chi connectivity index (χ2n) is 8.06. The van der Waals surface area contributed by atoms with Gasteiger partial charge in [-0.05, 0) is 35.9 Å². The fourth-order valence-corrected chi connectivity index (χ4v) is 4.92. The Morgan fingerprint density at radius 2 is 1.85 bits per heavy atom. The smallest absolute Gasteiger partial charge is 0.251 e. The third-order valence-electron chi connectivity index (χ3n) is 5.71. The zero-order valence-corrected chi connectivity index (χ0v) is 20.2. The molecule has 4 rings (SSSR count). The van der Waals surface area contributed by atoms with Crippen molar-refractivity contribution in [2.75, 3.05) is 38.6 Å². The van der Waals surface area contributed by atoms with Gasteiger partial charge >= 0.3 is 0 Å². The molecule has 0 saturated carbocycles. The van der Waals surface area contributed by atoms with Crippen LogP contribution in [0.25, 0.3) is 10.9 Å². The van der Waals surface area contributed by atoms with Gasteiger partial charge in [0.2, 0.25) is 10.7 Å². The van der Waals surface area contributed by atoms with Crippen LogP contribution in [0.1, 0.15) is 15.9 Å². The number of morpholine rings is 1. The first-order valence-corrected chi connectivity index (χ1v) is 12.5. The van der Waals surface area contributed by atoms with E-state index < -0.39 is 6.04 Å². The van der Waals surface area contributed by atoms with E-state index in [2.05, 4.69) is 15.2 Å². The summed E-state index contributed by atoms with van der Waals surface area (Å²) in [5.41, 5.74) is 1.57. The SMILES string of the molecule is O=C(NC(Cc1cc(=O)[nH]c2ccccc12)C(=O)SCCN1CCOCC1)c1ccc(Cl)cc1. The summed E-state index contributed by atoms with van der Waals surface area (Å²) in [5.74, 6) is 0.250. The number of para-hydroxylation sites is 1. The average Bonchev–Trinajstić information content (AvgIpc) is 2.84. The second-order valence-corrected chi connectivity index (χ2v) is 9.60. The molecular formula is C25H26ClN3O4S. The molecule has 1 aliphatic rings. The number of nitrogens with zero attached hydrogens (tertiary/aromatic N) is 1. The molecule has 1 saturated heterocycles. The molecule has 2 N–H and O–H groups in total. The van der Waals surface area contributed by atoms with Crippen LogP contribution >= 0.6 is 23.4 Å². The van der Waals surface area contributed by atoms with E-state index in [0.29, 0.717) is 40.6 Å². The number of fused-ring (bicyclic) bond motifs is 1. The van der Waals surface area contributed by atoms with Crippen LogP contribution in [0, 0.1) is 0 Å². The molecule has 178 valence electrons. The Morgan fingerprint density at radius 1 is 1.12 bits per heavy atom. The van der Waals surface area contributed by atoms with Crippen LogP contribution in [0.2, 0.25) is 5.02 Å². The summed E-state index contributed by atoms with van der Waals surface area (Å²) in [6.45, 7) is 3.88. The number of benzene rings is 2. The van der Waals surface area contributed by atoms with Crippen molar-refractivity contribution in [2.24, 2.45) is 0 Å². The van der Waals surface area contributed by atoms with Gasteiger partial charge in [0, 0.05) is 59.4 Å². The van der Waals surface area contributed by atoms with Gasteiger partial charge in [0.05, 0.1) is 13.2 Å². The fourth-order valence-electron chi connectivity index (χ4n) is 3.90. The maximum atomic E-state index is 13.2. The quantitative estimate of drug-likeness (QED) is 0.495. The number of rotatable bonds is 8. The molecule has 2 heterocycles. The summed E-state index contributed by atoms with van der Waals surface area (Å²) in [6, 6.07) is 14.6. The Bertz CT molecular complexity index is 1210. The molecule has 0 bridgehead atoms. The highest BCUT2D eigenvalue weighted by Crippen LogP contribution is 2.19. The Labute approximate surface area is 206 Å². The highest BCUT2D eigenvalue weighted by molar-refractivity contribution is 8.13. The number of aromatic nitrogens is 1. The summed E-state index contributed by atoms with van der Waals surface area (Å²) in [7, 11) is 0. The number of amides is 1. The average molecular weight is 500 g/mol. The van der Waals surface area contributed by atoms with Gasteiger partial charge in [-0.1, -0.05) is 41.6 Å². The van der Waals surface area contributed by atoms with E-state index in [1.165, 1.54) is 17.8 Å². The van der Waals surface area contributed by atoms with Gasteiger partial charge in [0.25, 0.3) is 5.91 Å². The van der Waals surface area contributed by atoms with Gasteiger partial charge in [0.1, 0.15) is 6.04 Å². The lowest BCUT2D eigenvalue weighted by Crippen LogP contribution is -2.42. The van der Waals surface area contributed by atoms with Crippen molar-refractivity contribution in [1.82, 2.24) is 15.2 Å². The standard InChI is InChI=1S/C25H26ClN3O4S/c26-19-7-5-17(6-8-19)24(31)28-22(25(32)34-14-11-29-9-12-33-13-10-29)15-18-16-23(30)27-21-4-2-1-3-20(18)21/h1-8,16,22H,9-15H2,(H,27,30)(H,28,31). The number of nitrogens with one attached hydrogen (secondary N) is 2. The molecule has 1 fully saturated rings. The molecule has 1 atom stereocenters. The minimum atomic E-state index is -0.789. The van der Waals surface area contributed by atoms with E-state index in [0.717, 1.165) is 25.0 Å². The normalized spacial score (nSPS) is 15.2. The van der Waals surface area contributed by atoms with Crippen molar-refractivity contribution < 1.29 is 14.3 Å². The molecular weight excluding hydrogens is 474 g/mol. The predicted molar refractivity (Wildman–Crippen MR) is 136 cm³/mol. The third-order valence-corrected chi connectivity index (χ3v) is 6.92. The maximum Gasteiger partial charge on any atom is 0.251 e. The Hall–Kier alpha value is -2.65. The summed E-state index contributed by atoms with van der Waals surface area (Å²) in [5, 5.41) is 4.11. The number of pyridine rings is 1. The van der Waals surface area contributed by atoms with Crippen LogP contribution in [-0.4, -0.2) is 65.5 Å². The van der Waals surface area contributed by atoms with E-state index in [9.17, 15) is 14.4 Å². The molecule has 2 aromatic carbocycles. The minimum absolute atomic E-state index is 0.139. The van der Waals surface area contributed by atoms with Gasteiger partial charge in [-0.25, -0.2) is 0 Å². The number of halogens is 1. The van der Waals surface area contributed by atoms with E-state index in [-0.39, 0.29) is 23.0 Å². The maximum absolute atomic E-state index is 13.2. The Kier molecular flexibility index (Phi) is 8.39. The van der Waals surface area contributed by atoms with Crippen molar-refractivity contribution in [1.29, 1.82) is 0 Å². The predicted octanol–water partition coefficient (Wildman–Crippen LogP) is 3.11. The molecule has 1 unspecified atom stereocenters. The highest BCUT2D eigenvalue weighted by Gasteiger charge is 2.24. The molecule has 0 radical (unpaired) electrons. The van der Waals surface area contributed by atoms with E-state index in [1.54, 1.807) is 24.3 Å². The summed E-state index contributed by atoms with van der Waals surface area (Å²) in [4.78, 5) is 43.4. The topological polar surface area (TPSA) is 91.5 Å². The minimum Gasteiger partial charge on any atom is -0.379 e. The number of hydrogen-bond acceptors (Lipinski definition) is 6. The van der Waals surface area contributed by atoms with Crippen molar-refractivity contribution in [3.8, 4) is 0 Å². The molecule has 3 aromatic rings. The number of ether oxygens (including phenoxy) is 1. The monoisotopic (exact) mass is 499 g/mol. The zero-order chi connectivity index (χ0) is 23.9. The molecule has 0 aliphatic carbocycles. The van der Waals surface area contributed by atoms with Gasteiger partial charge in [-0.3, -0.25) is 19.3 Å². The summed E-state index contributed by atoms with van der Waals surface area (Å²) in [6.07, 6.45) is 0.215. The second kappa shape index (κ2) is 11.7. The van der Waals surface area contributed by atoms with Gasteiger partial charge in [-0.15, -0.1) is 0 Å². The Balaban J connectivity index is 1.52. The highest BCUT2D eigenvalue weighted by atomic mass is 35.5. The molecule has 9 heteroatoms. The van der Waals surface area contributed by atoms with Gasteiger partial charge < -0.3 is 15.0 Å². The first-order valence-electron chi connectivity index (χ1n) is 11.1. The lowest BCUT2D eigenvalue weighted by molar-refractivity contribution is -0.112. The third kappa shape index (κ3) is 6.48. The van der Waals surface area contributed by atoms with Crippen LogP contribution in [0.15, 0.2) is 59.4 Å². The fraction of sp³-hybridized carbons (Fsp3) is 0.320. The molecule has 34 heavy (non-hydrogen) atoms. The van der Waals surface area contributed by atoms with Crippen LogP contribution in [0.3, 0.4) is 0 Å². The summed E-state index contributed by atoms with van der Waals surface area (Å²) >= 11 is 7.14. The van der Waals surface area contributed by atoms with E-state index in [4.69, 9.17) is 16.3 Å². The van der Waals surface area contributed by atoms with Crippen molar-refractivity contribution >= 4 is 45.3 Å². The largest absolute Gasteiger partial charge is 0.379 e. The first kappa shape index (κ1) is 24.5. The molecule has 0 spiro atoms. The van der Waals surface area contributed by atoms with Crippen LogP contribution in [-0.2, 0) is 16.0 Å². The number of hydrogen-bond donors (Lipinski definition) is 2. The molecule has 1 aromatic heterocycles. The summed E-state index contributed by atoms with van der Waals surface area (Å²) < 4.78 is 5.37. The van der Waals surface area contributed by atoms with Crippen LogP contribution < -0.4 is 10.9 Å². The molecule has 1 amide bonds. The molecule has 7 nitrogen and oxygen atoms in total. The zero-order valence-electron chi connectivity index (χ0n) is 18.6. The Morgan fingerprint density at radius 3 is 2.62 bits per heavy atom. The van der Waals surface area contributed by atoms with Crippen molar-refractivity contribution in [2.45, 2.75) is 12.5 Å². The number of H-pyrrole nitrogens is 1. The van der Waals surface area contributed by atoms with Crippen molar-refractivity contribution in [3.05, 3.63) is 81.1 Å².